The summed E-state index contributed by atoms with van der Waals surface area (Å²) in [5.74, 6) is 6.82. The number of aryl methyl sites for hydroxylation is 2. The molecule has 4 nitrogen and oxygen atoms in total. The Bertz CT molecular complexity index is 565. The first-order chi connectivity index (χ1) is 9.65. The maximum Gasteiger partial charge on any atom is 0.110 e. The van der Waals surface area contributed by atoms with Crippen LogP contribution in [0.5, 0.6) is 0 Å². The highest BCUT2D eigenvalue weighted by Crippen LogP contribution is 2.26. The van der Waals surface area contributed by atoms with Crippen molar-refractivity contribution < 1.29 is 0 Å². The van der Waals surface area contributed by atoms with Gasteiger partial charge in [-0.05, 0) is 25.0 Å². The minimum Gasteiger partial charge on any atom is -0.335 e. The van der Waals surface area contributed by atoms with Crippen LogP contribution in [0.3, 0.4) is 0 Å². The van der Waals surface area contributed by atoms with E-state index in [0.717, 1.165) is 29.7 Å². The Morgan fingerprint density at radius 1 is 1.45 bits per heavy atom. The third kappa shape index (κ3) is 3.48. The second-order valence-corrected chi connectivity index (χ2v) is 5.84. The average Bonchev–Trinajstić information content (AvgIpc) is 2.87. The van der Waals surface area contributed by atoms with Crippen LogP contribution in [-0.4, -0.2) is 9.55 Å². The molecule has 3 N–H and O–H groups in total. The van der Waals surface area contributed by atoms with E-state index in [1.54, 1.807) is 0 Å². The van der Waals surface area contributed by atoms with Crippen molar-refractivity contribution in [3.63, 3.8) is 0 Å². The van der Waals surface area contributed by atoms with Crippen LogP contribution in [0.25, 0.3) is 0 Å². The smallest absolute Gasteiger partial charge is 0.110 e. The van der Waals surface area contributed by atoms with Crippen LogP contribution >= 0.6 is 15.9 Å². The monoisotopic (exact) mass is 336 g/mol. The molecule has 20 heavy (non-hydrogen) atoms. The lowest BCUT2D eigenvalue weighted by molar-refractivity contribution is 0.515. The molecule has 2 rings (SSSR count). The number of nitrogens with zero attached hydrogens (tertiary/aromatic N) is 2. The molecule has 0 radical (unpaired) electrons. The fourth-order valence-electron chi connectivity index (χ4n) is 2.35. The second-order valence-electron chi connectivity index (χ2n) is 4.99. The molecule has 0 saturated carbocycles. The number of nitrogens with one attached hydrogen (secondary N) is 1. The summed E-state index contributed by atoms with van der Waals surface area (Å²) in [5, 5.41) is 0. The molecule has 0 aliphatic carbocycles. The molecule has 1 aromatic carbocycles. The fourth-order valence-corrected chi connectivity index (χ4v) is 2.87. The van der Waals surface area contributed by atoms with Gasteiger partial charge in [0.1, 0.15) is 5.82 Å². The Hall–Kier alpha value is -1.17. The summed E-state index contributed by atoms with van der Waals surface area (Å²) in [5.41, 5.74) is 5.30. The van der Waals surface area contributed by atoms with Crippen molar-refractivity contribution in [3.05, 3.63) is 52.0 Å². The van der Waals surface area contributed by atoms with E-state index in [4.69, 9.17) is 5.84 Å². The van der Waals surface area contributed by atoms with Crippen molar-refractivity contribution in [2.24, 2.45) is 5.84 Å². The van der Waals surface area contributed by atoms with Gasteiger partial charge in [0, 0.05) is 29.8 Å². The van der Waals surface area contributed by atoms with Gasteiger partial charge in [0.2, 0.25) is 0 Å². The molecular weight excluding hydrogens is 316 g/mol. The highest BCUT2D eigenvalue weighted by atomic mass is 79.9. The summed E-state index contributed by atoms with van der Waals surface area (Å²) in [6.07, 6.45) is 5.74. The zero-order valence-corrected chi connectivity index (χ0v) is 13.5. The van der Waals surface area contributed by atoms with Gasteiger partial charge in [0.15, 0.2) is 0 Å². The van der Waals surface area contributed by atoms with E-state index in [1.165, 1.54) is 11.1 Å². The number of hydrazine groups is 1. The van der Waals surface area contributed by atoms with Crippen molar-refractivity contribution in [1.82, 2.24) is 15.0 Å². The largest absolute Gasteiger partial charge is 0.335 e. The van der Waals surface area contributed by atoms with E-state index >= 15 is 0 Å². The number of imidazole rings is 1. The summed E-state index contributed by atoms with van der Waals surface area (Å²) < 4.78 is 3.26. The molecule has 0 aliphatic heterocycles. The SMILES string of the molecule is CCCn1ccnc1CC(NN)c1cc(C)ccc1Br. The normalized spacial score (nSPS) is 12.6. The Morgan fingerprint density at radius 3 is 2.95 bits per heavy atom. The van der Waals surface area contributed by atoms with Gasteiger partial charge in [-0.25, -0.2) is 4.98 Å². The number of nitrogens with two attached hydrogens (primary N) is 1. The van der Waals surface area contributed by atoms with Gasteiger partial charge >= 0.3 is 0 Å². The standard InChI is InChI=1S/C15H21BrN4/c1-3-7-20-8-6-18-15(20)10-14(19-17)12-9-11(2)4-5-13(12)16/h4-6,8-9,14,19H,3,7,10,17H2,1-2H3. The van der Waals surface area contributed by atoms with Crippen LogP contribution in [0.4, 0.5) is 0 Å². The molecule has 0 spiro atoms. The lowest BCUT2D eigenvalue weighted by Gasteiger charge is -2.19. The zero-order chi connectivity index (χ0) is 14.5. The molecule has 0 fully saturated rings. The van der Waals surface area contributed by atoms with E-state index in [1.807, 2.05) is 12.4 Å². The predicted octanol–water partition coefficient (Wildman–Crippen LogP) is 3.11. The maximum atomic E-state index is 5.76. The van der Waals surface area contributed by atoms with Gasteiger partial charge < -0.3 is 4.57 Å². The van der Waals surface area contributed by atoms with E-state index in [0.29, 0.717) is 0 Å². The van der Waals surface area contributed by atoms with E-state index < -0.39 is 0 Å². The van der Waals surface area contributed by atoms with E-state index in [9.17, 15) is 0 Å². The molecule has 0 bridgehead atoms. The van der Waals surface area contributed by atoms with E-state index in [2.05, 4.69) is 63.0 Å². The maximum absolute atomic E-state index is 5.76. The van der Waals surface area contributed by atoms with Crippen LogP contribution in [0, 0.1) is 6.92 Å². The first kappa shape index (κ1) is 15.2. The van der Waals surface area contributed by atoms with Crippen LogP contribution in [0.15, 0.2) is 35.1 Å². The zero-order valence-electron chi connectivity index (χ0n) is 11.9. The minimum atomic E-state index is 0.0438. The van der Waals surface area contributed by atoms with Crippen LogP contribution in [-0.2, 0) is 13.0 Å². The van der Waals surface area contributed by atoms with Crippen molar-refractivity contribution in [1.29, 1.82) is 0 Å². The topological polar surface area (TPSA) is 55.9 Å². The number of rotatable bonds is 6. The van der Waals surface area contributed by atoms with Gasteiger partial charge in [-0.2, -0.15) is 0 Å². The summed E-state index contributed by atoms with van der Waals surface area (Å²) in [6.45, 7) is 5.24. The van der Waals surface area contributed by atoms with Gasteiger partial charge in [-0.3, -0.25) is 11.3 Å². The molecule has 0 aliphatic rings. The molecule has 0 amide bonds. The summed E-state index contributed by atoms with van der Waals surface area (Å²) in [7, 11) is 0. The van der Waals surface area contributed by atoms with Gasteiger partial charge in [0.05, 0.1) is 6.04 Å². The van der Waals surface area contributed by atoms with Gasteiger partial charge in [0.25, 0.3) is 0 Å². The van der Waals surface area contributed by atoms with Crippen molar-refractivity contribution in [2.75, 3.05) is 0 Å². The molecule has 5 heteroatoms. The highest BCUT2D eigenvalue weighted by molar-refractivity contribution is 9.10. The number of benzene rings is 1. The fraction of sp³-hybridized carbons (Fsp3) is 0.400. The predicted molar refractivity (Wildman–Crippen MR) is 85.2 cm³/mol. The number of aromatic nitrogens is 2. The Kier molecular flexibility index (Phi) is 5.34. The lowest BCUT2D eigenvalue weighted by atomic mass is 10.0. The van der Waals surface area contributed by atoms with Crippen LogP contribution in [0.2, 0.25) is 0 Å². The molecule has 1 atom stereocenters. The Balaban J connectivity index is 2.24. The third-order valence-corrected chi connectivity index (χ3v) is 4.10. The summed E-state index contributed by atoms with van der Waals surface area (Å²) >= 11 is 3.60. The van der Waals surface area contributed by atoms with Crippen molar-refractivity contribution in [2.45, 2.75) is 39.3 Å². The first-order valence-corrected chi connectivity index (χ1v) is 7.67. The molecular formula is C15H21BrN4. The summed E-state index contributed by atoms with van der Waals surface area (Å²) in [6, 6.07) is 6.34. The second kappa shape index (κ2) is 7.02. The van der Waals surface area contributed by atoms with Crippen molar-refractivity contribution in [3.8, 4) is 0 Å². The first-order valence-electron chi connectivity index (χ1n) is 6.88. The molecule has 0 saturated heterocycles. The Morgan fingerprint density at radius 2 is 2.25 bits per heavy atom. The number of hydrogen-bond donors (Lipinski definition) is 2. The molecule has 1 aromatic heterocycles. The van der Waals surface area contributed by atoms with Crippen molar-refractivity contribution >= 4 is 15.9 Å². The number of hydrogen-bond acceptors (Lipinski definition) is 3. The highest BCUT2D eigenvalue weighted by Gasteiger charge is 2.16. The van der Waals surface area contributed by atoms with Crippen LogP contribution in [0.1, 0.15) is 36.3 Å². The minimum absolute atomic E-state index is 0.0438. The lowest BCUT2D eigenvalue weighted by Crippen LogP contribution is -2.30. The third-order valence-electron chi connectivity index (χ3n) is 3.38. The number of halogens is 1. The molecule has 1 unspecified atom stereocenters. The molecule has 1 heterocycles. The average molecular weight is 337 g/mol. The van der Waals surface area contributed by atoms with Gasteiger partial charge in [-0.15, -0.1) is 0 Å². The molecule has 2 aromatic rings. The van der Waals surface area contributed by atoms with Gasteiger partial charge in [-0.1, -0.05) is 40.5 Å². The quantitative estimate of drug-likeness (QED) is 0.629. The van der Waals surface area contributed by atoms with Crippen LogP contribution < -0.4 is 11.3 Å². The Labute approximate surface area is 128 Å². The summed E-state index contributed by atoms with van der Waals surface area (Å²) in [4.78, 5) is 4.45. The molecule has 108 valence electrons. The van der Waals surface area contributed by atoms with E-state index in [-0.39, 0.29) is 6.04 Å².